The van der Waals surface area contributed by atoms with Crippen LogP contribution in [0.1, 0.15) is 19.3 Å². The van der Waals surface area contributed by atoms with Gasteiger partial charge in [0.15, 0.2) is 0 Å². The Morgan fingerprint density at radius 3 is 2.80 bits per heavy atom. The van der Waals surface area contributed by atoms with E-state index in [2.05, 4.69) is 0 Å². The van der Waals surface area contributed by atoms with Gasteiger partial charge in [0, 0.05) is 6.61 Å². The maximum Gasteiger partial charge on any atom is 0.0865 e. The van der Waals surface area contributed by atoms with Crippen molar-refractivity contribution >= 4 is 0 Å². The molecule has 2 N–H and O–H groups in total. The Morgan fingerprint density at radius 1 is 1.27 bits per heavy atom. The highest BCUT2D eigenvalue weighted by Crippen LogP contribution is 2.39. The summed E-state index contributed by atoms with van der Waals surface area (Å²) in [7, 11) is 0. The standard InChI is InChI=1S/C11H19NO3/c12-11(6-14-7-11)5-13-4-8-1-2-9-10(3-8)15-9/h8-10H,1-7,12H2. The lowest BCUT2D eigenvalue weighted by Gasteiger charge is -2.37. The van der Waals surface area contributed by atoms with Crippen molar-refractivity contribution in [3.63, 3.8) is 0 Å². The van der Waals surface area contributed by atoms with Crippen LogP contribution in [-0.2, 0) is 14.2 Å². The first-order valence-corrected chi connectivity index (χ1v) is 5.85. The molecular formula is C11H19NO3. The highest BCUT2D eigenvalue weighted by molar-refractivity contribution is 4.93. The lowest BCUT2D eigenvalue weighted by atomic mass is 9.90. The number of nitrogens with two attached hydrogens (primary N) is 1. The molecule has 2 aliphatic heterocycles. The van der Waals surface area contributed by atoms with Gasteiger partial charge in [0.05, 0.1) is 37.6 Å². The third kappa shape index (κ3) is 2.18. The number of fused-ring (bicyclic) bond motifs is 1. The molecular weight excluding hydrogens is 194 g/mol. The molecule has 0 aromatic rings. The Labute approximate surface area is 90.1 Å². The number of rotatable bonds is 4. The second-order valence-corrected chi connectivity index (χ2v) is 5.26. The molecule has 3 aliphatic rings. The van der Waals surface area contributed by atoms with Crippen molar-refractivity contribution in [2.75, 3.05) is 26.4 Å². The van der Waals surface area contributed by atoms with Gasteiger partial charge in [-0.1, -0.05) is 0 Å². The van der Waals surface area contributed by atoms with Gasteiger partial charge in [-0.15, -0.1) is 0 Å². The number of epoxide rings is 1. The smallest absolute Gasteiger partial charge is 0.0865 e. The van der Waals surface area contributed by atoms with Crippen molar-refractivity contribution in [3.8, 4) is 0 Å². The fraction of sp³-hybridized carbons (Fsp3) is 1.00. The van der Waals surface area contributed by atoms with Crippen molar-refractivity contribution in [1.29, 1.82) is 0 Å². The quantitative estimate of drug-likeness (QED) is 0.682. The van der Waals surface area contributed by atoms with E-state index in [0.29, 0.717) is 37.9 Å². The molecule has 0 bridgehead atoms. The van der Waals surface area contributed by atoms with Gasteiger partial charge < -0.3 is 19.9 Å². The third-order valence-corrected chi connectivity index (χ3v) is 3.63. The predicted molar refractivity (Wildman–Crippen MR) is 54.6 cm³/mol. The summed E-state index contributed by atoms with van der Waals surface area (Å²) < 4.78 is 16.3. The molecule has 0 aromatic carbocycles. The molecule has 4 nitrogen and oxygen atoms in total. The summed E-state index contributed by atoms with van der Waals surface area (Å²) >= 11 is 0. The molecule has 1 aliphatic carbocycles. The van der Waals surface area contributed by atoms with Crippen molar-refractivity contribution < 1.29 is 14.2 Å². The Hall–Kier alpha value is -0.160. The van der Waals surface area contributed by atoms with Gasteiger partial charge >= 0.3 is 0 Å². The van der Waals surface area contributed by atoms with Crippen LogP contribution in [0.2, 0.25) is 0 Å². The maximum absolute atomic E-state index is 5.98. The van der Waals surface area contributed by atoms with Crippen LogP contribution in [0.15, 0.2) is 0 Å². The van der Waals surface area contributed by atoms with Crippen LogP contribution in [0.25, 0.3) is 0 Å². The van der Waals surface area contributed by atoms with Gasteiger partial charge in [-0.25, -0.2) is 0 Å². The van der Waals surface area contributed by atoms with Gasteiger partial charge in [0.25, 0.3) is 0 Å². The van der Waals surface area contributed by atoms with Crippen LogP contribution in [0, 0.1) is 5.92 Å². The Morgan fingerprint density at radius 2 is 2.13 bits per heavy atom. The average molecular weight is 213 g/mol. The van der Waals surface area contributed by atoms with Crippen LogP contribution in [0.3, 0.4) is 0 Å². The van der Waals surface area contributed by atoms with Crippen molar-refractivity contribution in [3.05, 3.63) is 0 Å². The minimum Gasteiger partial charge on any atom is -0.379 e. The zero-order valence-electron chi connectivity index (χ0n) is 8.98. The fourth-order valence-electron chi connectivity index (χ4n) is 2.51. The largest absolute Gasteiger partial charge is 0.379 e. The zero-order valence-corrected chi connectivity index (χ0v) is 8.98. The second-order valence-electron chi connectivity index (χ2n) is 5.26. The zero-order chi connectivity index (χ0) is 10.3. The summed E-state index contributed by atoms with van der Waals surface area (Å²) in [6, 6.07) is 0. The van der Waals surface area contributed by atoms with E-state index in [-0.39, 0.29) is 5.54 Å². The maximum atomic E-state index is 5.98. The first-order valence-electron chi connectivity index (χ1n) is 5.85. The summed E-state index contributed by atoms with van der Waals surface area (Å²) in [6.45, 7) is 2.76. The molecule has 1 saturated carbocycles. The average Bonchev–Trinajstić information content (AvgIpc) is 2.93. The Bertz CT molecular complexity index is 242. The second kappa shape index (κ2) is 3.70. The highest BCUT2D eigenvalue weighted by Gasteiger charge is 2.44. The lowest BCUT2D eigenvalue weighted by Crippen LogP contribution is -2.60. The Kier molecular flexibility index (Phi) is 2.47. The first kappa shape index (κ1) is 10.0. The summed E-state index contributed by atoms with van der Waals surface area (Å²) in [6.07, 6.45) is 4.78. The van der Waals surface area contributed by atoms with Crippen molar-refractivity contribution in [2.24, 2.45) is 11.7 Å². The topological polar surface area (TPSA) is 57.0 Å². The summed E-state index contributed by atoms with van der Waals surface area (Å²) in [5.41, 5.74) is 5.78. The number of hydrogen-bond donors (Lipinski definition) is 1. The molecule has 0 spiro atoms. The normalized spacial score (nSPS) is 41.8. The van der Waals surface area contributed by atoms with Crippen molar-refractivity contribution in [2.45, 2.75) is 37.0 Å². The molecule has 4 heteroatoms. The molecule has 3 rings (SSSR count). The molecule has 3 atom stereocenters. The van der Waals surface area contributed by atoms with Gasteiger partial charge in [0.2, 0.25) is 0 Å². The molecule has 0 amide bonds. The fourth-order valence-corrected chi connectivity index (χ4v) is 2.51. The van der Waals surface area contributed by atoms with Gasteiger partial charge in [-0.2, -0.15) is 0 Å². The first-order chi connectivity index (χ1) is 7.25. The van der Waals surface area contributed by atoms with Gasteiger partial charge in [-0.3, -0.25) is 0 Å². The van der Waals surface area contributed by atoms with E-state index in [1.165, 1.54) is 19.3 Å². The predicted octanol–water partition coefficient (Wildman–Crippen LogP) is 0.298. The third-order valence-electron chi connectivity index (χ3n) is 3.63. The summed E-state index contributed by atoms with van der Waals surface area (Å²) in [5, 5.41) is 0. The van der Waals surface area contributed by atoms with E-state index < -0.39 is 0 Å². The SMILES string of the molecule is NC1(COCC2CCC3OC3C2)COC1. The molecule has 15 heavy (non-hydrogen) atoms. The summed E-state index contributed by atoms with van der Waals surface area (Å²) in [4.78, 5) is 0. The van der Waals surface area contributed by atoms with Crippen LogP contribution in [-0.4, -0.2) is 44.2 Å². The van der Waals surface area contributed by atoms with E-state index >= 15 is 0 Å². The monoisotopic (exact) mass is 213 g/mol. The van der Waals surface area contributed by atoms with Crippen LogP contribution >= 0.6 is 0 Å². The molecule has 2 heterocycles. The summed E-state index contributed by atoms with van der Waals surface area (Å²) in [5.74, 6) is 0.679. The van der Waals surface area contributed by atoms with Gasteiger partial charge in [-0.05, 0) is 25.2 Å². The molecule has 2 saturated heterocycles. The minimum absolute atomic E-state index is 0.201. The van der Waals surface area contributed by atoms with Crippen LogP contribution in [0.4, 0.5) is 0 Å². The molecule has 3 unspecified atom stereocenters. The number of hydrogen-bond acceptors (Lipinski definition) is 4. The van der Waals surface area contributed by atoms with Crippen LogP contribution in [0.5, 0.6) is 0 Å². The Balaban J connectivity index is 1.35. The lowest BCUT2D eigenvalue weighted by molar-refractivity contribution is -0.0957. The number of ether oxygens (including phenoxy) is 3. The van der Waals surface area contributed by atoms with Crippen LogP contribution < -0.4 is 5.73 Å². The highest BCUT2D eigenvalue weighted by atomic mass is 16.6. The van der Waals surface area contributed by atoms with E-state index in [0.717, 1.165) is 6.61 Å². The van der Waals surface area contributed by atoms with E-state index in [4.69, 9.17) is 19.9 Å². The van der Waals surface area contributed by atoms with E-state index in [9.17, 15) is 0 Å². The van der Waals surface area contributed by atoms with Gasteiger partial charge in [0.1, 0.15) is 0 Å². The molecule has 0 aromatic heterocycles. The minimum atomic E-state index is -0.201. The molecule has 3 fully saturated rings. The van der Waals surface area contributed by atoms with E-state index in [1.54, 1.807) is 0 Å². The molecule has 0 radical (unpaired) electrons. The van der Waals surface area contributed by atoms with Crippen molar-refractivity contribution in [1.82, 2.24) is 0 Å². The molecule has 86 valence electrons. The van der Waals surface area contributed by atoms with E-state index in [1.807, 2.05) is 0 Å².